The Morgan fingerprint density at radius 3 is 2.42 bits per heavy atom. The lowest BCUT2D eigenvalue weighted by Gasteiger charge is -2.21. The molecule has 0 aliphatic heterocycles. The maximum atomic E-state index is 13.0. The Morgan fingerprint density at radius 1 is 1.08 bits per heavy atom. The Labute approximate surface area is 209 Å². The largest absolute Gasteiger partial charge is 0.464 e. The lowest BCUT2D eigenvalue weighted by atomic mass is 10.1. The van der Waals surface area contributed by atoms with E-state index >= 15 is 0 Å². The van der Waals surface area contributed by atoms with Gasteiger partial charge in [0.15, 0.2) is 0 Å². The van der Waals surface area contributed by atoms with Crippen molar-refractivity contribution in [2.75, 3.05) is 18.1 Å². The van der Waals surface area contributed by atoms with E-state index in [4.69, 9.17) is 26.8 Å². The van der Waals surface area contributed by atoms with Gasteiger partial charge in [0.1, 0.15) is 6.04 Å². The summed E-state index contributed by atoms with van der Waals surface area (Å²) in [6.07, 6.45) is -3.91. The van der Waals surface area contributed by atoms with Crippen molar-refractivity contribution >= 4 is 35.3 Å². The third-order valence-corrected chi connectivity index (χ3v) is 4.96. The Bertz CT molecular complexity index is 1210. The van der Waals surface area contributed by atoms with Crippen LogP contribution < -0.4 is 10.6 Å². The molecule has 0 radical (unpaired) electrons. The van der Waals surface area contributed by atoms with Crippen LogP contribution in [0.5, 0.6) is 0 Å². The van der Waals surface area contributed by atoms with Crippen molar-refractivity contribution in [3.63, 3.8) is 0 Å². The molecule has 12 heteroatoms. The zero-order valence-corrected chi connectivity index (χ0v) is 19.8. The Kier molecular flexibility index (Phi) is 8.83. The van der Waals surface area contributed by atoms with Crippen LogP contribution in [0.1, 0.15) is 18.9 Å². The second-order valence-electron chi connectivity index (χ2n) is 7.56. The van der Waals surface area contributed by atoms with Crippen LogP contribution in [0, 0.1) is 0 Å². The van der Waals surface area contributed by atoms with E-state index in [1.54, 1.807) is 30.3 Å². The Morgan fingerprint density at radius 2 is 1.78 bits per heavy atom. The predicted molar refractivity (Wildman–Crippen MR) is 127 cm³/mol. The van der Waals surface area contributed by atoms with Crippen LogP contribution in [-0.2, 0) is 20.4 Å². The number of hydrogen-bond donors (Lipinski definition) is 1. The molecule has 3 aromatic rings. The number of alkyl halides is 3. The first-order valence-electron chi connectivity index (χ1n) is 10.7. The van der Waals surface area contributed by atoms with E-state index in [0.717, 1.165) is 29.2 Å². The second kappa shape index (κ2) is 11.8. The normalized spacial score (nSPS) is 12.1. The molecule has 1 atom stereocenters. The number of ether oxygens (including phenoxy) is 2. The molecule has 0 saturated carbocycles. The van der Waals surface area contributed by atoms with Crippen molar-refractivity contribution in [3.8, 4) is 11.3 Å². The van der Waals surface area contributed by atoms with Crippen LogP contribution in [0.4, 0.5) is 29.6 Å². The molecule has 0 spiro atoms. The molecule has 0 fully saturated rings. The van der Waals surface area contributed by atoms with Crippen molar-refractivity contribution in [1.29, 1.82) is 0 Å². The van der Waals surface area contributed by atoms with Gasteiger partial charge in [0.05, 0.1) is 30.2 Å². The third-order valence-electron chi connectivity index (χ3n) is 4.73. The van der Waals surface area contributed by atoms with E-state index in [0.29, 0.717) is 16.3 Å². The van der Waals surface area contributed by atoms with Gasteiger partial charge in [0, 0.05) is 23.2 Å². The quantitative estimate of drug-likeness (QED) is 0.313. The maximum Gasteiger partial charge on any atom is 0.421 e. The number of nitrogens with zero attached hydrogens (tertiary/aromatic N) is 3. The summed E-state index contributed by atoms with van der Waals surface area (Å²) in [4.78, 5) is 33.9. The van der Waals surface area contributed by atoms with E-state index in [9.17, 15) is 22.8 Å². The SMILES string of the molecule is CC(N)C(=O)OCCCOC(=O)N(c1ccc(C(F)(F)F)cc1)c1nccc(-c2cccc(Cl)c2)n1. The lowest BCUT2D eigenvalue weighted by Crippen LogP contribution is -2.30. The molecule has 3 rings (SSSR count). The Balaban J connectivity index is 1.85. The predicted octanol–water partition coefficient (Wildman–Crippen LogP) is 5.37. The van der Waals surface area contributed by atoms with E-state index in [2.05, 4.69) is 9.97 Å². The first kappa shape index (κ1) is 26.9. The molecule has 2 aromatic carbocycles. The number of carbonyl (C=O) groups excluding carboxylic acids is 2. The monoisotopic (exact) mass is 522 g/mol. The second-order valence-corrected chi connectivity index (χ2v) is 7.99. The fourth-order valence-electron chi connectivity index (χ4n) is 2.95. The summed E-state index contributed by atoms with van der Waals surface area (Å²) in [5.41, 5.74) is 5.65. The molecule has 1 aromatic heterocycles. The number of aromatic nitrogens is 2. The number of anilines is 2. The number of halogens is 4. The lowest BCUT2D eigenvalue weighted by molar-refractivity contribution is -0.145. The standard InChI is InChI=1S/C24H22ClF3N4O4/c1-15(29)21(33)35-12-3-13-36-23(34)32(19-8-6-17(7-9-19)24(26,27)28)22-30-11-10-20(31-22)16-4-2-5-18(25)14-16/h2,4-11,14-15H,3,12-13,29H2,1H3. The molecular formula is C24H22ClF3N4O4. The zero-order chi connectivity index (χ0) is 26.3. The van der Waals surface area contributed by atoms with Crippen LogP contribution in [0.3, 0.4) is 0 Å². The van der Waals surface area contributed by atoms with E-state index in [1.807, 2.05) is 0 Å². The van der Waals surface area contributed by atoms with E-state index in [-0.39, 0.29) is 31.3 Å². The van der Waals surface area contributed by atoms with Crippen LogP contribution >= 0.6 is 11.6 Å². The molecule has 0 bridgehead atoms. The van der Waals surface area contributed by atoms with Gasteiger partial charge in [-0.2, -0.15) is 13.2 Å². The van der Waals surface area contributed by atoms with Crippen LogP contribution in [0.25, 0.3) is 11.3 Å². The minimum atomic E-state index is -4.55. The highest BCUT2D eigenvalue weighted by Gasteiger charge is 2.31. The van der Waals surface area contributed by atoms with Crippen molar-refractivity contribution in [1.82, 2.24) is 9.97 Å². The average molecular weight is 523 g/mol. The summed E-state index contributed by atoms with van der Waals surface area (Å²) in [7, 11) is 0. The number of rotatable bonds is 8. The van der Waals surface area contributed by atoms with Crippen molar-refractivity contribution in [3.05, 3.63) is 71.4 Å². The Hall–Kier alpha value is -3.70. The highest BCUT2D eigenvalue weighted by atomic mass is 35.5. The van der Waals surface area contributed by atoms with Crippen LogP contribution in [0.2, 0.25) is 5.02 Å². The minimum Gasteiger partial charge on any atom is -0.464 e. The van der Waals surface area contributed by atoms with Gasteiger partial charge in [-0.05, 0) is 49.4 Å². The van der Waals surface area contributed by atoms with Gasteiger partial charge < -0.3 is 15.2 Å². The molecule has 8 nitrogen and oxygen atoms in total. The van der Waals surface area contributed by atoms with Gasteiger partial charge >= 0.3 is 18.2 Å². The third kappa shape index (κ3) is 7.15. The highest BCUT2D eigenvalue weighted by Crippen LogP contribution is 2.32. The van der Waals surface area contributed by atoms with Crippen LogP contribution in [0.15, 0.2) is 60.8 Å². The molecule has 1 unspecified atom stereocenters. The number of benzene rings is 2. The van der Waals surface area contributed by atoms with Gasteiger partial charge in [-0.15, -0.1) is 0 Å². The minimum absolute atomic E-state index is 0.0331. The first-order chi connectivity index (χ1) is 17.1. The molecule has 1 amide bonds. The summed E-state index contributed by atoms with van der Waals surface area (Å²) in [5, 5.41) is 0.469. The van der Waals surface area contributed by atoms with Crippen molar-refractivity contribution in [2.45, 2.75) is 25.6 Å². The van der Waals surface area contributed by atoms with Crippen molar-refractivity contribution < 1.29 is 32.2 Å². The number of esters is 1. The van der Waals surface area contributed by atoms with Gasteiger partial charge in [0.25, 0.3) is 0 Å². The fraction of sp³-hybridized carbons (Fsp3) is 0.250. The average Bonchev–Trinajstić information content (AvgIpc) is 2.84. The molecule has 0 aliphatic carbocycles. The summed E-state index contributed by atoms with van der Waals surface area (Å²) < 4.78 is 49.3. The summed E-state index contributed by atoms with van der Waals surface area (Å²) in [5.74, 6) is -0.723. The van der Waals surface area contributed by atoms with Gasteiger partial charge in [0.2, 0.25) is 5.95 Å². The number of hydrogen-bond acceptors (Lipinski definition) is 7. The van der Waals surface area contributed by atoms with Crippen LogP contribution in [-0.4, -0.2) is 41.3 Å². The molecule has 1 heterocycles. The smallest absolute Gasteiger partial charge is 0.421 e. The van der Waals surface area contributed by atoms with Crippen molar-refractivity contribution in [2.24, 2.45) is 5.73 Å². The number of amides is 1. The zero-order valence-electron chi connectivity index (χ0n) is 19.0. The molecule has 36 heavy (non-hydrogen) atoms. The first-order valence-corrected chi connectivity index (χ1v) is 11.1. The summed E-state index contributed by atoms with van der Waals surface area (Å²) in [6.45, 7) is 1.30. The van der Waals surface area contributed by atoms with Gasteiger partial charge in [-0.25, -0.2) is 19.7 Å². The van der Waals surface area contributed by atoms with Gasteiger partial charge in [-0.3, -0.25) is 4.79 Å². The number of carbonyl (C=O) groups is 2. The van der Waals surface area contributed by atoms with E-state index in [1.165, 1.54) is 13.1 Å². The molecule has 2 N–H and O–H groups in total. The fourth-order valence-corrected chi connectivity index (χ4v) is 3.14. The highest BCUT2D eigenvalue weighted by molar-refractivity contribution is 6.30. The molecule has 0 saturated heterocycles. The molecule has 0 aliphatic rings. The van der Waals surface area contributed by atoms with Gasteiger partial charge in [-0.1, -0.05) is 23.7 Å². The summed E-state index contributed by atoms with van der Waals surface area (Å²) >= 11 is 6.06. The molecule has 190 valence electrons. The van der Waals surface area contributed by atoms with E-state index < -0.39 is 29.8 Å². The molecular weight excluding hydrogens is 501 g/mol. The maximum absolute atomic E-state index is 13.0. The summed E-state index contributed by atoms with van der Waals surface area (Å²) in [6, 6.07) is 11.5. The number of nitrogens with two attached hydrogens (primary N) is 1. The topological polar surface area (TPSA) is 108 Å².